The van der Waals surface area contributed by atoms with Crippen molar-refractivity contribution in [3.63, 3.8) is 0 Å². The number of carboxylic acid groups (broad SMARTS) is 1. The quantitative estimate of drug-likeness (QED) is 0.420. The fraction of sp³-hybridized carbons (Fsp3) is 0.417. The summed E-state index contributed by atoms with van der Waals surface area (Å²) in [6.07, 6.45) is -0.243. The first-order valence-corrected chi connectivity index (χ1v) is 11.8. The Hall–Kier alpha value is -3.49. The van der Waals surface area contributed by atoms with Crippen molar-refractivity contribution in [2.24, 2.45) is 0 Å². The van der Waals surface area contributed by atoms with Crippen LogP contribution in [0.15, 0.2) is 27.8 Å². The van der Waals surface area contributed by atoms with Gasteiger partial charge >= 0.3 is 11.7 Å². The number of aliphatic carboxylic acids is 1. The number of hydrogen-bond donors (Lipinski definition) is 1. The fourth-order valence-corrected chi connectivity index (χ4v) is 5.21. The Labute approximate surface area is 204 Å². The zero-order valence-corrected chi connectivity index (χ0v) is 20.6. The Kier molecular flexibility index (Phi) is 8.09. The lowest BCUT2D eigenvalue weighted by Crippen LogP contribution is -2.44. The first-order chi connectivity index (χ1) is 16.7. The predicted molar refractivity (Wildman–Crippen MR) is 129 cm³/mol. The summed E-state index contributed by atoms with van der Waals surface area (Å²) >= 11 is 1.28. The number of thiophene rings is 1. The molecule has 9 nitrogen and oxygen atoms in total. The molecular formula is C24H26FN3O6S. The third kappa shape index (κ3) is 4.99. The summed E-state index contributed by atoms with van der Waals surface area (Å²) in [5, 5.41) is 18.8. The van der Waals surface area contributed by atoms with E-state index in [-0.39, 0.29) is 25.0 Å². The van der Waals surface area contributed by atoms with Gasteiger partial charge in [-0.15, -0.1) is 11.3 Å². The Morgan fingerprint density at radius 3 is 2.66 bits per heavy atom. The molecule has 0 saturated carbocycles. The third-order valence-corrected chi connectivity index (χ3v) is 7.29. The van der Waals surface area contributed by atoms with Crippen LogP contribution in [0.1, 0.15) is 48.4 Å². The molecule has 0 aliphatic heterocycles. The topological polar surface area (TPSA) is 124 Å². The molecule has 3 aromatic rings. The van der Waals surface area contributed by atoms with Gasteiger partial charge in [0.1, 0.15) is 28.5 Å². The zero-order valence-electron chi connectivity index (χ0n) is 19.8. The van der Waals surface area contributed by atoms with E-state index >= 15 is 0 Å². The van der Waals surface area contributed by atoms with Crippen LogP contribution in [0.25, 0.3) is 10.2 Å². The predicted octanol–water partition coefficient (Wildman–Crippen LogP) is 3.56. The van der Waals surface area contributed by atoms with Gasteiger partial charge in [-0.05, 0) is 44.0 Å². The van der Waals surface area contributed by atoms with E-state index in [2.05, 4.69) is 0 Å². The van der Waals surface area contributed by atoms with Gasteiger partial charge in [0.15, 0.2) is 0 Å². The number of fused-ring (bicyclic) bond motifs is 1. The second-order valence-electron chi connectivity index (χ2n) is 7.92. The van der Waals surface area contributed by atoms with Crippen molar-refractivity contribution in [1.82, 2.24) is 9.13 Å². The van der Waals surface area contributed by atoms with Gasteiger partial charge in [0.25, 0.3) is 5.56 Å². The number of aromatic nitrogens is 2. The van der Waals surface area contributed by atoms with Crippen LogP contribution in [0, 0.1) is 24.1 Å². The van der Waals surface area contributed by atoms with Crippen LogP contribution in [0.4, 0.5) is 4.39 Å². The first kappa shape index (κ1) is 26.1. The van der Waals surface area contributed by atoms with Gasteiger partial charge in [0, 0.05) is 10.4 Å². The SMILES string of the molecule is CCc1sc2c(c1C)c(=O)n(C(C)C(=O)O)c(=O)n2C[C@H](OCCC#N)c1cc(F)ccc1OC. The molecule has 0 fully saturated rings. The normalized spacial score (nSPS) is 12.9. The smallest absolute Gasteiger partial charge is 0.333 e. The minimum atomic E-state index is -1.41. The van der Waals surface area contributed by atoms with Crippen LogP contribution in [0.5, 0.6) is 5.75 Å². The Morgan fingerprint density at radius 2 is 2.06 bits per heavy atom. The van der Waals surface area contributed by atoms with Gasteiger partial charge in [0.2, 0.25) is 0 Å². The molecule has 11 heteroatoms. The van der Waals surface area contributed by atoms with E-state index in [4.69, 9.17) is 14.7 Å². The van der Waals surface area contributed by atoms with E-state index in [0.29, 0.717) is 28.1 Å². The average molecular weight is 504 g/mol. The molecule has 2 aromatic heterocycles. The molecule has 1 aromatic carbocycles. The lowest BCUT2D eigenvalue weighted by atomic mass is 10.1. The summed E-state index contributed by atoms with van der Waals surface area (Å²) in [5.74, 6) is -1.55. The Balaban J connectivity index is 2.31. The molecule has 2 heterocycles. The summed E-state index contributed by atoms with van der Waals surface area (Å²) in [7, 11) is 1.42. The minimum Gasteiger partial charge on any atom is -0.496 e. The van der Waals surface area contributed by atoms with Gasteiger partial charge in [0.05, 0.1) is 38.1 Å². The molecule has 0 saturated heterocycles. The van der Waals surface area contributed by atoms with E-state index in [1.165, 1.54) is 48.1 Å². The summed E-state index contributed by atoms with van der Waals surface area (Å²) in [6, 6.07) is 4.45. The largest absolute Gasteiger partial charge is 0.496 e. The monoisotopic (exact) mass is 503 g/mol. The van der Waals surface area contributed by atoms with E-state index in [0.717, 1.165) is 9.44 Å². The fourth-order valence-electron chi connectivity index (χ4n) is 3.97. The van der Waals surface area contributed by atoms with E-state index in [1.54, 1.807) is 6.92 Å². The van der Waals surface area contributed by atoms with Crippen molar-refractivity contribution in [3.05, 3.63) is 60.9 Å². The van der Waals surface area contributed by atoms with Gasteiger partial charge in [-0.2, -0.15) is 5.26 Å². The highest BCUT2D eigenvalue weighted by Gasteiger charge is 2.27. The van der Waals surface area contributed by atoms with Crippen LogP contribution < -0.4 is 16.0 Å². The second kappa shape index (κ2) is 10.8. The lowest BCUT2D eigenvalue weighted by Gasteiger charge is -2.23. The van der Waals surface area contributed by atoms with Gasteiger partial charge < -0.3 is 14.6 Å². The van der Waals surface area contributed by atoms with Crippen LogP contribution in [0.2, 0.25) is 0 Å². The summed E-state index contributed by atoms with van der Waals surface area (Å²) in [6.45, 7) is 4.80. The van der Waals surface area contributed by atoms with Crippen LogP contribution >= 0.6 is 11.3 Å². The molecule has 3 rings (SSSR count). The number of methoxy groups -OCH3 is 1. The molecule has 0 aliphatic carbocycles. The van der Waals surface area contributed by atoms with Crippen molar-refractivity contribution in [2.45, 2.75) is 52.3 Å². The number of rotatable bonds is 10. The van der Waals surface area contributed by atoms with E-state index in [1.807, 2.05) is 13.0 Å². The van der Waals surface area contributed by atoms with Gasteiger partial charge in [-0.25, -0.2) is 18.5 Å². The molecule has 2 atom stereocenters. The number of ether oxygens (including phenoxy) is 2. The molecule has 35 heavy (non-hydrogen) atoms. The molecule has 0 spiro atoms. The van der Waals surface area contributed by atoms with Crippen molar-refractivity contribution >= 4 is 27.5 Å². The maximum Gasteiger partial charge on any atom is 0.333 e. The summed E-state index contributed by atoms with van der Waals surface area (Å²) in [5.41, 5.74) is -0.484. The highest BCUT2D eigenvalue weighted by atomic mass is 32.1. The number of nitriles is 1. The van der Waals surface area contributed by atoms with Crippen molar-refractivity contribution in [1.29, 1.82) is 5.26 Å². The molecule has 1 N–H and O–H groups in total. The van der Waals surface area contributed by atoms with Gasteiger partial charge in [-0.3, -0.25) is 9.36 Å². The number of nitrogens with zero attached hydrogens (tertiary/aromatic N) is 3. The number of benzene rings is 1. The number of halogens is 1. The average Bonchev–Trinajstić information content (AvgIpc) is 3.16. The third-order valence-electron chi connectivity index (χ3n) is 5.83. The van der Waals surface area contributed by atoms with Crippen LogP contribution in [-0.2, 0) is 22.5 Å². The Bertz CT molecular complexity index is 1420. The Morgan fingerprint density at radius 1 is 1.34 bits per heavy atom. The maximum absolute atomic E-state index is 14.2. The van der Waals surface area contributed by atoms with Gasteiger partial charge in [-0.1, -0.05) is 6.92 Å². The van der Waals surface area contributed by atoms with Crippen molar-refractivity contribution in [2.75, 3.05) is 13.7 Å². The molecule has 1 unspecified atom stereocenters. The molecular weight excluding hydrogens is 477 g/mol. The van der Waals surface area contributed by atoms with E-state index < -0.39 is 35.2 Å². The molecule has 0 bridgehead atoms. The number of carboxylic acids is 1. The van der Waals surface area contributed by atoms with Crippen molar-refractivity contribution in [3.8, 4) is 11.8 Å². The molecule has 186 valence electrons. The van der Waals surface area contributed by atoms with Crippen molar-refractivity contribution < 1.29 is 23.8 Å². The van der Waals surface area contributed by atoms with Crippen LogP contribution in [-0.4, -0.2) is 33.9 Å². The van der Waals surface area contributed by atoms with E-state index in [9.17, 15) is 23.9 Å². The molecule has 0 aliphatic rings. The molecule has 0 amide bonds. The minimum absolute atomic E-state index is 0.00751. The highest BCUT2D eigenvalue weighted by Crippen LogP contribution is 2.33. The maximum atomic E-state index is 14.2. The highest BCUT2D eigenvalue weighted by molar-refractivity contribution is 7.18. The lowest BCUT2D eigenvalue weighted by molar-refractivity contribution is -0.140. The summed E-state index contributed by atoms with van der Waals surface area (Å²) < 4.78 is 27.5. The zero-order chi connectivity index (χ0) is 25.9. The molecule has 0 radical (unpaired) electrons. The number of carbonyl (C=O) groups is 1. The number of aryl methyl sites for hydroxylation is 2. The first-order valence-electron chi connectivity index (χ1n) is 11.0. The second-order valence-corrected chi connectivity index (χ2v) is 9.00. The van der Waals surface area contributed by atoms with Crippen LogP contribution in [0.3, 0.4) is 0 Å². The summed E-state index contributed by atoms with van der Waals surface area (Å²) in [4.78, 5) is 39.8. The number of hydrogen-bond acceptors (Lipinski definition) is 7. The standard InChI is InChI=1S/C24H26FN3O6S/c1-5-19-13(2)20-21(29)28(14(3)23(30)31)24(32)27(22(20)35-19)12-18(34-10-6-9-26)16-11-15(25)7-8-17(16)33-4/h7-8,11,14,18H,5-6,10,12H2,1-4H3,(H,30,31)/t14?,18-/m0/s1.